The van der Waals surface area contributed by atoms with E-state index >= 15 is 0 Å². The summed E-state index contributed by atoms with van der Waals surface area (Å²) in [5.74, 6) is 2.70. The predicted molar refractivity (Wildman–Crippen MR) is 523 cm³/mol. The van der Waals surface area contributed by atoms with Crippen molar-refractivity contribution in [3.05, 3.63) is 371 Å². The SMILES string of the molecule is c1ccc(B2c3c(n(-c4ccccc4)c4ccccc34)-c3sc4ccccc4c3N2c2ccc3oc4ccncc4c3c2)cc1.c1ccc(B2c3oc4ccccc4c3-c3oc4ccccc4c3N2c2nccc3c2sc2ccccc23)cc1.c1ccc(B2c3sc4ccccc4c3-c3sc4ccccc4c3N2c2ncnc3c2sc2ccccc23)cc1. The minimum absolute atomic E-state index is 0.00702. The first-order chi connectivity index (χ1) is 61.1. The molecule has 13 aromatic carbocycles. The number of pyridine rings is 2. The number of hydrogen-bond donors (Lipinski definition) is 0. The smallest absolute Gasteiger partial charge is 0.372 e. The summed E-state index contributed by atoms with van der Waals surface area (Å²) in [4.78, 5) is 29.4. The fourth-order valence-corrected chi connectivity index (χ4v) is 25.7. The van der Waals surface area contributed by atoms with Crippen molar-refractivity contribution in [1.82, 2.24) is 24.5 Å². The molecule has 0 spiro atoms. The van der Waals surface area contributed by atoms with Crippen LogP contribution in [0, 0.1) is 0 Å². The van der Waals surface area contributed by atoms with Gasteiger partial charge in [0, 0.05) is 118 Å². The highest BCUT2D eigenvalue weighted by molar-refractivity contribution is 7.34. The zero-order chi connectivity index (χ0) is 80.5. The van der Waals surface area contributed by atoms with Crippen molar-refractivity contribution in [2.75, 3.05) is 14.4 Å². The predicted octanol–water partition coefficient (Wildman–Crippen LogP) is 25.1. The number of nitrogens with zero attached hydrogens (tertiary/aromatic N) is 8. The Labute approximate surface area is 724 Å². The Balaban J connectivity index is 0.0000000993. The van der Waals surface area contributed by atoms with Crippen molar-refractivity contribution in [3.8, 4) is 38.0 Å². The highest BCUT2D eigenvalue weighted by atomic mass is 32.1. The molecule has 574 valence electrons. The van der Waals surface area contributed by atoms with E-state index in [4.69, 9.17) is 28.2 Å². The molecule has 28 rings (SSSR count). The number of aromatic nitrogens is 5. The second-order valence-electron chi connectivity index (χ2n) is 31.2. The molecule has 11 nitrogen and oxygen atoms in total. The van der Waals surface area contributed by atoms with Crippen LogP contribution in [0.3, 0.4) is 0 Å². The molecule has 15 heterocycles. The van der Waals surface area contributed by atoms with Crippen LogP contribution in [-0.2, 0) is 0 Å². The Morgan fingerprint density at radius 1 is 0.301 bits per heavy atom. The lowest BCUT2D eigenvalue weighted by molar-refractivity contribution is 0.623. The van der Waals surface area contributed by atoms with Gasteiger partial charge >= 0.3 is 20.5 Å². The number of benzene rings is 13. The Kier molecular flexibility index (Phi) is 16.1. The first-order valence-corrected chi connectivity index (χ1v) is 45.1. The van der Waals surface area contributed by atoms with Crippen molar-refractivity contribution in [2.24, 2.45) is 0 Å². The van der Waals surface area contributed by atoms with E-state index in [0.717, 1.165) is 110 Å². The Morgan fingerprint density at radius 3 is 1.54 bits per heavy atom. The van der Waals surface area contributed by atoms with E-state index in [0.29, 0.717) is 0 Å². The first kappa shape index (κ1) is 70.4. The van der Waals surface area contributed by atoms with Gasteiger partial charge < -0.3 is 32.3 Å². The van der Waals surface area contributed by atoms with Crippen LogP contribution in [-0.4, -0.2) is 45.0 Å². The van der Waals surface area contributed by atoms with Gasteiger partial charge in [0.2, 0.25) is 0 Å². The van der Waals surface area contributed by atoms with E-state index in [-0.39, 0.29) is 20.5 Å². The summed E-state index contributed by atoms with van der Waals surface area (Å²) >= 11 is 9.25. The third-order valence-electron chi connectivity index (χ3n) is 24.6. The summed E-state index contributed by atoms with van der Waals surface area (Å²) in [6, 6.07) is 123. The summed E-state index contributed by atoms with van der Waals surface area (Å²) in [5.41, 5.74) is 20.9. The Bertz CT molecular complexity index is 8250. The molecule has 0 radical (unpaired) electrons. The molecule has 0 unspecified atom stereocenters. The number of anilines is 6. The fourth-order valence-electron chi connectivity index (χ4n) is 19.5. The number of thiophene rings is 5. The van der Waals surface area contributed by atoms with Crippen LogP contribution >= 0.6 is 56.7 Å². The first-order valence-electron chi connectivity index (χ1n) is 41.0. The van der Waals surface area contributed by atoms with Crippen molar-refractivity contribution < 1.29 is 13.3 Å². The van der Waals surface area contributed by atoms with Gasteiger partial charge in [0.1, 0.15) is 46.0 Å². The number of para-hydroxylation sites is 4. The number of fused-ring (bicyclic) bond motifs is 30. The number of hydrogen-bond acceptors (Lipinski definition) is 15. The largest absolute Gasteiger partial charge is 0.467 e. The van der Waals surface area contributed by atoms with E-state index in [2.05, 4.69) is 339 Å². The third kappa shape index (κ3) is 10.8. The summed E-state index contributed by atoms with van der Waals surface area (Å²) < 4.78 is 32.1. The van der Waals surface area contributed by atoms with Gasteiger partial charge in [-0.1, -0.05) is 254 Å². The van der Waals surface area contributed by atoms with Crippen LogP contribution in [0.15, 0.2) is 384 Å². The lowest BCUT2D eigenvalue weighted by atomic mass is 9.46. The average molecular weight is 1660 g/mol. The second kappa shape index (κ2) is 28.1. The molecule has 0 saturated heterocycles. The number of rotatable bonds is 7. The van der Waals surface area contributed by atoms with Crippen LogP contribution in [0.1, 0.15) is 0 Å². The van der Waals surface area contributed by atoms with E-state index < -0.39 is 0 Å². The highest BCUT2D eigenvalue weighted by Crippen LogP contribution is 2.57. The lowest BCUT2D eigenvalue weighted by Gasteiger charge is -2.37. The maximum Gasteiger partial charge on any atom is 0.372 e. The molecular weight excluding hydrogens is 1600 g/mol. The van der Waals surface area contributed by atoms with Crippen LogP contribution in [0.4, 0.5) is 34.4 Å². The topological polar surface area (TPSA) is 106 Å². The van der Waals surface area contributed by atoms with Gasteiger partial charge in [-0.15, -0.1) is 56.7 Å². The number of furan rings is 3. The van der Waals surface area contributed by atoms with Gasteiger partial charge in [-0.05, 0) is 119 Å². The van der Waals surface area contributed by atoms with Gasteiger partial charge in [-0.2, -0.15) is 0 Å². The highest BCUT2D eigenvalue weighted by Gasteiger charge is 2.48. The average Bonchev–Trinajstić information content (AvgIpc) is 1.55. The summed E-state index contributed by atoms with van der Waals surface area (Å²) in [6.07, 6.45) is 7.37. The zero-order valence-corrected chi connectivity index (χ0v) is 69.4. The molecule has 0 atom stereocenters. The van der Waals surface area contributed by atoms with Gasteiger partial charge in [0.05, 0.1) is 58.5 Å². The van der Waals surface area contributed by atoms with Crippen molar-refractivity contribution in [3.63, 3.8) is 0 Å². The van der Waals surface area contributed by atoms with E-state index in [1.54, 1.807) is 35.2 Å². The molecule has 3 aliphatic heterocycles. The second-order valence-corrected chi connectivity index (χ2v) is 36.5. The minimum Gasteiger partial charge on any atom is -0.467 e. The molecule has 0 amide bonds. The van der Waals surface area contributed by atoms with Crippen molar-refractivity contribution in [1.29, 1.82) is 0 Å². The van der Waals surface area contributed by atoms with E-state index in [1.165, 1.54) is 120 Å². The monoisotopic (exact) mass is 1660 g/mol. The van der Waals surface area contributed by atoms with Crippen LogP contribution in [0.5, 0.6) is 0 Å². The quantitative estimate of drug-likeness (QED) is 0.143. The molecular formula is C104H61B3N8O3S5. The Morgan fingerprint density at radius 2 is 0.821 bits per heavy atom. The van der Waals surface area contributed by atoms with Crippen LogP contribution < -0.4 is 46.7 Å². The van der Waals surface area contributed by atoms with Crippen LogP contribution in [0.2, 0.25) is 0 Å². The van der Waals surface area contributed by atoms with Gasteiger partial charge in [0.25, 0.3) is 0 Å². The van der Waals surface area contributed by atoms with Gasteiger partial charge in [-0.25, -0.2) is 15.0 Å². The molecule has 0 fully saturated rings. The molecule has 0 bridgehead atoms. The Hall–Kier alpha value is -14.4. The maximum atomic E-state index is 6.71. The van der Waals surface area contributed by atoms with Crippen molar-refractivity contribution >= 4 is 269 Å². The minimum atomic E-state index is -0.231. The molecule has 12 aromatic heterocycles. The molecule has 123 heavy (non-hydrogen) atoms. The van der Waals surface area contributed by atoms with Crippen molar-refractivity contribution in [2.45, 2.75) is 0 Å². The van der Waals surface area contributed by atoms with Gasteiger partial charge in [-0.3, -0.25) is 4.98 Å². The van der Waals surface area contributed by atoms with Crippen LogP contribution in [0.25, 0.3) is 164 Å². The molecule has 19 heteroatoms. The van der Waals surface area contributed by atoms with E-state index in [1.807, 2.05) is 76.7 Å². The molecule has 0 aliphatic carbocycles. The summed E-state index contributed by atoms with van der Waals surface area (Å²) in [5, 5.41) is 13.0. The normalized spacial score (nSPS) is 12.9. The molecule has 25 aromatic rings. The maximum absolute atomic E-state index is 6.71. The molecule has 3 aliphatic rings. The molecule has 0 N–H and O–H groups in total. The van der Waals surface area contributed by atoms with Gasteiger partial charge in [0.15, 0.2) is 5.76 Å². The molecule has 0 saturated carbocycles. The standard InChI is InChI=1S/C39H24BN3OS.C33H19BN2O2S.C32H18BN3S3/c1-3-11-25(12-4-1)40-36-28-15-7-9-17-32(28)42(26-13-5-2-6-14-26)38(36)39-37(29-16-8-10-18-35(29)45-39)43(40)27-19-20-33-30(23-27)31-24-41-22-21-34(31)44-33;1-2-10-20(11-3-1)34-32-28(23-13-4-7-15-25(23)38-32)30-29(24-14-5-8-16-26(24)37-30)36(34)33-31-22(18-19-35-33)21-12-6-9-17-27(21)39-31;1-2-10-19(11-3-1)33-31-26(20-12-4-7-15-23(20)39-31)29-28(22-14-6-9-17-25(22)37-29)36(33)32-30-27(34-18-35-32)21-13-5-8-16-24(21)38-30/h1-24H;1-19H;1-18H. The summed E-state index contributed by atoms with van der Waals surface area (Å²) in [6.45, 7) is -0.312. The van der Waals surface area contributed by atoms with E-state index in [9.17, 15) is 0 Å². The fraction of sp³-hybridized carbons (Fsp3) is 0. The third-order valence-corrected chi connectivity index (χ3v) is 30.5. The zero-order valence-electron chi connectivity index (χ0n) is 65.3. The summed E-state index contributed by atoms with van der Waals surface area (Å²) in [7, 11) is 0. The lowest BCUT2D eigenvalue weighted by Crippen LogP contribution is -2.57.